The van der Waals surface area contributed by atoms with Crippen molar-refractivity contribution in [3.05, 3.63) is 0 Å². The topological polar surface area (TPSA) is 24.5 Å². The zero-order valence-corrected chi connectivity index (χ0v) is 10.5. The molecule has 0 amide bonds. The van der Waals surface area contributed by atoms with Crippen molar-refractivity contribution in [3.63, 3.8) is 0 Å². The standard InChI is InChI=1S/C12H26N2O/c1-4-5-9-15-10-8-14-7-6-13-11-12(14,2)3/h13H,4-11H2,1-3H3. The summed E-state index contributed by atoms with van der Waals surface area (Å²) < 4.78 is 5.61. The summed E-state index contributed by atoms with van der Waals surface area (Å²) in [4.78, 5) is 2.52. The molecule has 1 aliphatic rings. The zero-order valence-electron chi connectivity index (χ0n) is 10.5. The van der Waals surface area contributed by atoms with E-state index in [1.165, 1.54) is 12.8 Å². The van der Waals surface area contributed by atoms with Gasteiger partial charge in [-0.15, -0.1) is 0 Å². The number of nitrogens with zero attached hydrogens (tertiary/aromatic N) is 1. The lowest BCUT2D eigenvalue weighted by Gasteiger charge is -2.42. The predicted molar refractivity (Wildman–Crippen MR) is 64.2 cm³/mol. The van der Waals surface area contributed by atoms with Gasteiger partial charge in [0.15, 0.2) is 0 Å². The third-order valence-electron chi connectivity index (χ3n) is 3.12. The maximum Gasteiger partial charge on any atom is 0.0593 e. The Hall–Kier alpha value is -0.120. The number of ether oxygens (including phenoxy) is 1. The molecule has 1 aliphatic heterocycles. The molecule has 0 bridgehead atoms. The molecule has 0 aromatic heterocycles. The lowest BCUT2D eigenvalue weighted by atomic mass is 10.0. The summed E-state index contributed by atoms with van der Waals surface area (Å²) >= 11 is 0. The van der Waals surface area contributed by atoms with E-state index in [-0.39, 0.29) is 5.54 Å². The molecule has 0 aromatic rings. The van der Waals surface area contributed by atoms with Crippen LogP contribution in [0.4, 0.5) is 0 Å². The number of hydrogen-bond acceptors (Lipinski definition) is 3. The van der Waals surface area contributed by atoms with Gasteiger partial charge >= 0.3 is 0 Å². The van der Waals surface area contributed by atoms with Gasteiger partial charge in [-0.2, -0.15) is 0 Å². The summed E-state index contributed by atoms with van der Waals surface area (Å²) in [6.45, 7) is 13.0. The van der Waals surface area contributed by atoms with Gasteiger partial charge in [-0.1, -0.05) is 13.3 Å². The van der Waals surface area contributed by atoms with E-state index in [0.717, 1.165) is 39.4 Å². The molecular formula is C12H26N2O. The van der Waals surface area contributed by atoms with Crippen LogP contribution in [0.3, 0.4) is 0 Å². The minimum atomic E-state index is 0.284. The van der Waals surface area contributed by atoms with Crippen molar-refractivity contribution in [2.45, 2.75) is 39.2 Å². The molecule has 15 heavy (non-hydrogen) atoms. The van der Waals surface area contributed by atoms with Crippen LogP contribution in [0.2, 0.25) is 0 Å². The second-order valence-corrected chi connectivity index (χ2v) is 4.94. The first-order valence-corrected chi connectivity index (χ1v) is 6.20. The molecule has 0 aliphatic carbocycles. The van der Waals surface area contributed by atoms with E-state index in [9.17, 15) is 0 Å². The maximum atomic E-state index is 5.61. The third kappa shape index (κ3) is 4.49. The normalized spacial score (nSPS) is 21.8. The van der Waals surface area contributed by atoms with Crippen LogP contribution in [0, 0.1) is 0 Å². The van der Waals surface area contributed by atoms with Crippen LogP contribution < -0.4 is 5.32 Å². The van der Waals surface area contributed by atoms with E-state index in [1.807, 2.05) is 0 Å². The Morgan fingerprint density at radius 1 is 1.33 bits per heavy atom. The van der Waals surface area contributed by atoms with Gasteiger partial charge in [-0.25, -0.2) is 0 Å². The minimum absolute atomic E-state index is 0.284. The Morgan fingerprint density at radius 3 is 2.80 bits per heavy atom. The van der Waals surface area contributed by atoms with Crippen LogP contribution in [0.25, 0.3) is 0 Å². The summed E-state index contributed by atoms with van der Waals surface area (Å²) in [5.41, 5.74) is 0.284. The summed E-state index contributed by atoms with van der Waals surface area (Å²) in [6.07, 6.45) is 2.41. The van der Waals surface area contributed by atoms with Crippen LogP contribution in [-0.2, 0) is 4.74 Å². The second kappa shape index (κ2) is 6.46. The number of unbranched alkanes of at least 4 members (excludes halogenated alkanes) is 1. The predicted octanol–water partition coefficient (Wildman–Crippen LogP) is 1.49. The van der Waals surface area contributed by atoms with Gasteiger partial charge < -0.3 is 10.1 Å². The summed E-state index contributed by atoms with van der Waals surface area (Å²) in [7, 11) is 0. The van der Waals surface area contributed by atoms with Crippen molar-refractivity contribution in [1.29, 1.82) is 0 Å². The average Bonchev–Trinajstić information content (AvgIpc) is 2.19. The highest BCUT2D eigenvalue weighted by atomic mass is 16.5. The quantitative estimate of drug-likeness (QED) is 0.678. The SMILES string of the molecule is CCCCOCCN1CCNCC1(C)C. The van der Waals surface area contributed by atoms with Crippen molar-refractivity contribution in [2.24, 2.45) is 0 Å². The minimum Gasteiger partial charge on any atom is -0.380 e. The molecule has 1 heterocycles. The molecular weight excluding hydrogens is 188 g/mol. The van der Waals surface area contributed by atoms with Gasteiger partial charge in [0.1, 0.15) is 0 Å². The van der Waals surface area contributed by atoms with Crippen LogP contribution >= 0.6 is 0 Å². The molecule has 1 rings (SSSR count). The van der Waals surface area contributed by atoms with Gasteiger partial charge in [0.25, 0.3) is 0 Å². The molecule has 1 saturated heterocycles. The Morgan fingerprint density at radius 2 is 2.13 bits per heavy atom. The molecule has 0 radical (unpaired) electrons. The first-order chi connectivity index (χ1) is 7.17. The molecule has 0 aromatic carbocycles. The first kappa shape index (κ1) is 12.9. The summed E-state index contributed by atoms with van der Waals surface area (Å²) in [5, 5.41) is 3.43. The van der Waals surface area contributed by atoms with E-state index in [2.05, 4.69) is 31.0 Å². The molecule has 1 N–H and O–H groups in total. The smallest absolute Gasteiger partial charge is 0.0593 e. The third-order valence-corrected chi connectivity index (χ3v) is 3.12. The van der Waals surface area contributed by atoms with Gasteiger partial charge in [-0.3, -0.25) is 4.90 Å². The van der Waals surface area contributed by atoms with Crippen molar-refractivity contribution >= 4 is 0 Å². The fraction of sp³-hybridized carbons (Fsp3) is 1.00. The molecule has 0 unspecified atom stereocenters. The van der Waals surface area contributed by atoms with Crippen LogP contribution in [-0.4, -0.2) is 49.8 Å². The Kier molecular flexibility index (Phi) is 5.58. The molecule has 1 fully saturated rings. The highest BCUT2D eigenvalue weighted by molar-refractivity contribution is 4.87. The highest BCUT2D eigenvalue weighted by Gasteiger charge is 2.28. The fourth-order valence-electron chi connectivity index (χ4n) is 1.96. The van der Waals surface area contributed by atoms with Crippen molar-refractivity contribution < 1.29 is 4.74 Å². The molecule has 90 valence electrons. The Bertz CT molecular complexity index is 171. The number of hydrogen-bond donors (Lipinski definition) is 1. The number of piperazine rings is 1. The monoisotopic (exact) mass is 214 g/mol. The fourth-order valence-corrected chi connectivity index (χ4v) is 1.96. The first-order valence-electron chi connectivity index (χ1n) is 6.20. The lowest BCUT2D eigenvalue weighted by molar-refractivity contribution is 0.0424. The van der Waals surface area contributed by atoms with E-state index in [1.54, 1.807) is 0 Å². The van der Waals surface area contributed by atoms with Gasteiger partial charge in [0.2, 0.25) is 0 Å². The van der Waals surface area contributed by atoms with E-state index in [0.29, 0.717) is 0 Å². The second-order valence-electron chi connectivity index (χ2n) is 4.94. The van der Waals surface area contributed by atoms with Gasteiger partial charge in [0.05, 0.1) is 6.61 Å². The Balaban J connectivity index is 2.13. The van der Waals surface area contributed by atoms with Gasteiger partial charge in [-0.05, 0) is 20.3 Å². The summed E-state index contributed by atoms with van der Waals surface area (Å²) in [6, 6.07) is 0. The highest BCUT2D eigenvalue weighted by Crippen LogP contribution is 2.15. The van der Waals surface area contributed by atoms with E-state index in [4.69, 9.17) is 4.74 Å². The summed E-state index contributed by atoms with van der Waals surface area (Å²) in [5.74, 6) is 0. The van der Waals surface area contributed by atoms with E-state index >= 15 is 0 Å². The van der Waals surface area contributed by atoms with Crippen LogP contribution in [0.1, 0.15) is 33.6 Å². The van der Waals surface area contributed by atoms with Crippen LogP contribution in [0.5, 0.6) is 0 Å². The zero-order chi connectivity index (χ0) is 11.1. The maximum absolute atomic E-state index is 5.61. The van der Waals surface area contributed by atoms with Crippen LogP contribution in [0.15, 0.2) is 0 Å². The largest absolute Gasteiger partial charge is 0.380 e. The molecule has 3 heteroatoms. The Labute approximate surface area is 94.2 Å². The number of nitrogens with one attached hydrogen (secondary N) is 1. The lowest BCUT2D eigenvalue weighted by Crippen LogP contribution is -2.58. The van der Waals surface area contributed by atoms with Crippen molar-refractivity contribution in [2.75, 3.05) is 39.4 Å². The average molecular weight is 214 g/mol. The molecule has 3 nitrogen and oxygen atoms in total. The molecule has 0 saturated carbocycles. The van der Waals surface area contributed by atoms with E-state index < -0.39 is 0 Å². The van der Waals surface area contributed by atoms with Crippen molar-refractivity contribution in [1.82, 2.24) is 10.2 Å². The van der Waals surface area contributed by atoms with Crippen molar-refractivity contribution in [3.8, 4) is 0 Å². The molecule has 0 atom stereocenters. The molecule has 0 spiro atoms. The van der Waals surface area contributed by atoms with Gasteiger partial charge in [0, 0.05) is 38.3 Å². The number of rotatable bonds is 6.